The molecule has 7 heteroatoms. The van der Waals surface area contributed by atoms with E-state index in [-0.39, 0.29) is 5.91 Å². The van der Waals surface area contributed by atoms with E-state index in [2.05, 4.69) is 10.3 Å². The zero-order valence-corrected chi connectivity index (χ0v) is 12.1. The van der Waals surface area contributed by atoms with Gasteiger partial charge in [0.2, 0.25) is 0 Å². The van der Waals surface area contributed by atoms with Crippen molar-refractivity contribution in [3.63, 3.8) is 0 Å². The predicted molar refractivity (Wildman–Crippen MR) is 79.4 cm³/mol. The molecule has 2 aromatic rings. The number of nitrogens with one attached hydrogen (secondary N) is 1. The van der Waals surface area contributed by atoms with Crippen molar-refractivity contribution < 1.29 is 14.7 Å². The van der Waals surface area contributed by atoms with Crippen LogP contribution in [0.3, 0.4) is 0 Å². The van der Waals surface area contributed by atoms with Crippen molar-refractivity contribution in [3.05, 3.63) is 29.3 Å². The molecule has 2 N–H and O–H groups in total. The summed E-state index contributed by atoms with van der Waals surface area (Å²) in [6.45, 7) is 0. The SMILES string of the molecule is O=C(NC1(C(=O)O)CCSC1)c1ccc2ncsc2c1. The maximum atomic E-state index is 12.3. The maximum absolute atomic E-state index is 12.3. The molecule has 0 saturated carbocycles. The quantitative estimate of drug-likeness (QED) is 0.906. The molecule has 104 valence electrons. The van der Waals surface area contributed by atoms with Crippen LogP contribution >= 0.6 is 23.1 Å². The molecule has 3 rings (SSSR count). The number of rotatable bonds is 3. The summed E-state index contributed by atoms with van der Waals surface area (Å²) in [5, 5.41) is 12.1. The van der Waals surface area contributed by atoms with Gasteiger partial charge >= 0.3 is 5.97 Å². The number of carboxylic acids is 1. The molecule has 0 aliphatic carbocycles. The zero-order valence-electron chi connectivity index (χ0n) is 10.5. The number of benzene rings is 1. The van der Waals surface area contributed by atoms with Crippen LogP contribution in [0.25, 0.3) is 10.2 Å². The number of nitrogens with zero attached hydrogens (tertiary/aromatic N) is 1. The Morgan fingerprint density at radius 3 is 2.95 bits per heavy atom. The Morgan fingerprint density at radius 2 is 2.25 bits per heavy atom. The molecule has 20 heavy (non-hydrogen) atoms. The zero-order chi connectivity index (χ0) is 14.2. The standard InChI is InChI=1S/C13H12N2O3S2/c16-11(15-13(12(17)18)3-4-19-6-13)8-1-2-9-10(5-8)20-7-14-9/h1-2,5,7H,3-4,6H2,(H,15,16)(H,17,18). The molecule has 1 amide bonds. The second-order valence-corrected chi connectivity index (χ2v) is 6.67. The Morgan fingerprint density at radius 1 is 1.40 bits per heavy atom. The van der Waals surface area contributed by atoms with Gasteiger partial charge in [0.1, 0.15) is 5.54 Å². The lowest BCUT2D eigenvalue weighted by atomic mass is 9.98. The fourth-order valence-electron chi connectivity index (χ4n) is 2.17. The number of hydrogen-bond acceptors (Lipinski definition) is 5. The first-order valence-corrected chi connectivity index (χ1v) is 8.11. The Bertz CT molecular complexity index is 677. The highest BCUT2D eigenvalue weighted by Crippen LogP contribution is 2.29. The molecule has 0 radical (unpaired) electrons. The lowest BCUT2D eigenvalue weighted by Gasteiger charge is -2.24. The minimum atomic E-state index is -1.13. The van der Waals surface area contributed by atoms with Crippen LogP contribution < -0.4 is 5.32 Å². The summed E-state index contributed by atoms with van der Waals surface area (Å²) in [4.78, 5) is 27.9. The third-order valence-electron chi connectivity index (χ3n) is 3.38. The molecule has 5 nitrogen and oxygen atoms in total. The maximum Gasteiger partial charge on any atom is 0.330 e. The number of thiazole rings is 1. The van der Waals surface area contributed by atoms with Crippen LogP contribution in [0.2, 0.25) is 0 Å². The number of hydrogen-bond donors (Lipinski definition) is 2. The topological polar surface area (TPSA) is 79.3 Å². The van der Waals surface area contributed by atoms with E-state index >= 15 is 0 Å². The van der Waals surface area contributed by atoms with E-state index in [1.807, 2.05) is 0 Å². The molecule has 1 aromatic carbocycles. The molecule has 1 aliphatic rings. The van der Waals surface area contributed by atoms with Crippen LogP contribution in [0.1, 0.15) is 16.8 Å². The normalized spacial score (nSPS) is 22.0. The highest BCUT2D eigenvalue weighted by Gasteiger charge is 2.43. The van der Waals surface area contributed by atoms with Gasteiger partial charge in [-0.3, -0.25) is 4.79 Å². The van der Waals surface area contributed by atoms with Crippen LogP contribution in [0, 0.1) is 0 Å². The smallest absolute Gasteiger partial charge is 0.330 e. The fraction of sp³-hybridized carbons (Fsp3) is 0.308. The van der Waals surface area contributed by atoms with Gasteiger partial charge in [0, 0.05) is 11.3 Å². The minimum Gasteiger partial charge on any atom is -0.479 e. The minimum absolute atomic E-state index is 0.342. The summed E-state index contributed by atoms with van der Waals surface area (Å²) in [6.07, 6.45) is 0.460. The first-order valence-electron chi connectivity index (χ1n) is 6.08. The average Bonchev–Trinajstić information content (AvgIpc) is 3.06. The van der Waals surface area contributed by atoms with Crippen LogP contribution in [-0.2, 0) is 4.79 Å². The second kappa shape index (κ2) is 5.06. The van der Waals surface area contributed by atoms with Crippen molar-refractivity contribution >= 4 is 45.2 Å². The molecule has 1 atom stereocenters. The largest absolute Gasteiger partial charge is 0.479 e. The van der Waals surface area contributed by atoms with Gasteiger partial charge in [0.15, 0.2) is 0 Å². The van der Waals surface area contributed by atoms with E-state index in [1.54, 1.807) is 35.5 Å². The average molecular weight is 308 g/mol. The van der Waals surface area contributed by atoms with Gasteiger partial charge in [-0.25, -0.2) is 9.78 Å². The number of carbonyl (C=O) groups is 2. The van der Waals surface area contributed by atoms with Crippen molar-refractivity contribution in [2.45, 2.75) is 12.0 Å². The summed E-state index contributed by atoms with van der Waals surface area (Å²) in [6, 6.07) is 5.20. The van der Waals surface area contributed by atoms with E-state index in [0.29, 0.717) is 17.7 Å². The van der Waals surface area contributed by atoms with E-state index < -0.39 is 11.5 Å². The fourth-order valence-corrected chi connectivity index (χ4v) is 4.21. The van der Waals surface area contributed by atoms with Crippen molar-refractivity contribution in [1.29, 1.82) is 0 Å². The molecular formula is C13H12N2O3S2. The molecule has 1 fully saturated rings. The van der Waals surface area contributed by atoms with Crippen LogP contribution in [0.5, 0.6) is 0 Å². The van der Waals surface area contributed by atoms with E-state index in [4.69, 9.17) is 0 Å². The van der Waals surface area contributed by atoms with Crippen molar-refractivity contribution in [2.75, 3.05) is 11.5 Å². The molecule has 1 saturated heterocycles. The number of aromatic nitrogens is 1. The molecule has 0 bridgehead atoms. The number of amides is 1. The van der Waals surface area contributed by atoms with Gasteiger partial charge in [-0.2, -0.15) is 11.8 Å². The summed E-state index contributed by atoms with van der Waals surface area (Å²) in [7, 11) is 0. The first kappa shape index (κ1) is 13.4. The molecule has 1 aliphatic heterocycles. The van der Waals surface area contributed by atoms with Crippen LogP contribution in [-0.4, -0.2) is 39.0 Å². The van der Waals surface area contributed by atoms with Gasteiger partial charge in [-0.1, -0.05) is 0 Å². The Kier molecular flexibility index (Phi) is 3.39. The molecule has 1 aromatic heterocycles. The monoisotopic (exact) mass is 308 g/mol. The third-order valence-corrected chi connectivity index (χ3v) is 5.36. The number of carbonyl (C=O) groups excluding carboxylic acids is 1. The molecule has 1 unspecified atom stereocenters. The van der Waals surface area contributed by atoms with Crippen LogP contribution in [0.15, 0.2) is 23.7 Å². The summed E-state index contributed by atoms with van der Waals surface area (Å²) >= 11 is 3.00. The Hall–Kier alpha value is -1.60. The lowest BCUT2D eigenvalue weighted by Crippen LogP contribution is -2.54. The van der Waals surface area contributed by atoms with E-state index in [9.17, 15) is 14.7 Å². The molecule has 0 spiro atoms. The Labute approximate surface area is 123 Å². The lowest BCUT2D eigenvalue weighted by molar-refractivity contribution is -0.143. The van der Waals surface area contributed by atoms with E-state index in [1.165, 1.54) is 11.3 Å². The van der Waals surface area contributed by atoms with Gasteiger partial charge in [0.25, 0.3) is 5.91 Å². The highest BCUT2D eigenvalue weighted by atomic mass is 32.2. The summed E-state index contributed by atoms with van der Waals surface area (Å²) < 4.78 is 0.919. The number of carboxylic acid groups (broad SMARTS) is 1. The van der Waals surface area contributed by atoms with Gasteiger partial charge in [-0.15, -0.1) is 11.3 Å². The van der Waals surface area contributed by atoms with Crippen molar-refractivity contribution in [1.82, 2.24) is 10.3 Å². The van der Waals surface area contributed by atoms with Crippen molar-refractivity contribution in [3.8, 4) is 0 Å². The Balaban J connectivity index is 1.86. The van der Waals surface area contributed by atoms with E-state index in [0.717, 1.165) is 16.0 Å². The third kappa shape index (κ3) is 2.27. The van der Waals surface area contributed by atoms with Crippen LogP contribution in [0.4, 0.5) is 0 Å². The molecule has 2 heterocycles. The van der Waals surface area contributed by atoms with Gasteiger partial charge in [-0.05, 0) is 30.4 Å². The van der Waals surface area contributed by atoms with Gasteiger partial charge in [0.05, 0.1) is 15.7 Å². The summed E-state index contributed by atoms with van der Waals surface area (Å²) in [5.74, 6) is -0.142. The molecular weight excluding hydrogens is 296 g/mol. The first-order chi connectivity index (χ1) is 9.61. The number of aliphatic carboxylic acids is 1. The highest BCUT2D eigenvalue weighted by molar-refractivity contribution is 7.99. The van der Waals surface area contributed by atoms with Gasteiger partial charge < -0.3 is 10.4 Å². The summed E-state index contributed by atoms with van der Waals surface area (Å²) in [5.41, 5.74) is 1.90. The second-order valence-electron chi connectivity index (χ2n) is 4.68. The number of thioether (sulfide) groups is 1. The number of fused-ring (bicyclic) bond motifs is 1. The van der Waals surface area contributed by atoms with Crippen molar-refractivity contribution in [2.24, 2.45) is 0 Å². The predicted octanol–water partition coefficient (Wildman–Crippen LogP) is 1.99.